The zero-order chi connectivity index (χ0) is 13.7. The number of aromatic amines is 1. The van der Waals surface area contributed by atoms with Crippen LogP contribution in [0.3, 0.4) is 0 Å². The minimum atomic E-state index is -0.163. The van der Waals surface area contributed by atoms with Gasteiger partial charge in [-0.25, -0.2) is 0 Å². The minimum Gasteiger partial charge on any atom is -0.318 e. The van der Waals surface area contributed by atoms with Gasteiger partial charge in [-0.05, 0) is 18.2 Å². The van der Waals surface area contributed by atoms with E-state index in [1.54, 1.807) is 31.5 Å². The first-order valence-electron chi connectivity index (χ1n) is 5.63. The predicted octanol–water partition coefficient (Wildman–Crippen LogP) is 0.400. The van der Waals surface area contributed by atoms with Gasteiger partial charge in [-0.3, -0.25) is 9.59 Å². The summed E-state index contributed by atoms with van der Waals surface area (Å²) in [6.45, 7) is 7.70. The molecule has 0 saturated heterocycles. The average Bonchev–Trinajstić information content (AvgIpc) is 2.66. The normalized spacial score (nSPS) is 10.9. The van der Waals surface area contributed by atoms with Gasteiger partial charge in [-0.15, -0.1) is 0 Å². The Balaban J connectivity index is 0.000000771. The van der Waals surface area contributed by atoms with Gasteiger partial charge in [0.1, 0.15) is 0 Å². The van der Waals surface area contributed by atoms with E-state index in [2.05, 4.69) is 11.6 Å². The Labute approximate surface area is 109 Å². The number of pyridine rings is 1. The van der Waals surface area contributed by atoms with Gasteiger partial charge in [0.2, 0.25) is 0 Å². The van der Waals surface area contributed by atoms with E-state index in [-0.39, 0.29) is 10.4 Å². The van der Waals surface area contributed by atoms with Gasteiger partial charge in [0.05, 0.1) is 9.88 Å². The lowest BCUT2D eigenvalue weighted by Gasteiger charge is -1.96. The summed E-state index contributed by atoms with van der Waals surface area (Å²) in [4.78, 5) is 25.2. The summed E-state index contributed by atoms with van der Waals surface area (Å²) in [5, 5.41) is 0.543. The van der Waals surface area contributed by atoms with Crippen molar-refractivity contribution in [1.82, 2.24) is 9.55 Å². The monoisotopic (exact) mass is 264 g/mol. The van der Waals surface area contributed by atoms with Crippen molar-refractivity contribution in [3.05, 3.63) is 53.8 Å². The van der Waals surface area contributed by atoms with Gasteiger partial charge in [0.25, 0.3) is 5.56 Å². The molecule has 2 rings (SSSR count). The molecule has 2 aromatic heterocycles. The van der Waals surface area contributed by atoms with Crippen LogP contribution in [0.25, 0.3) is 12.7 Å². The average molecular weight is 264 g/mol. The molecule has 1 N–H and O–H groups in total. The maximum absolute atomic E-state index is 11.7. The molecule has 0 fully saturated rings. The SMILES string of the molecule is C=c1[nH]c(=O)s/c1=C\c1cccn(C)c1=O.CC. The van der Waals surface area contributed by atoms with Crippen molar-refractivity contribution in [1.29, 1.82) is 0 Å². The molecule has 96 valence electrons. The molecule has 0 bridgehead atoms. The number of rotatable bonds is 1. The van der Waals surface area contributed by atoms with Crippen LogP contribution in [0.1, 0.15) is 19.4 Å². The van der Waals surface area contributed by atoms with Crippen molar-refractivity contribution in [2.45, 2.75) is 13.8 Å². The van der Waals surface area contributed by atoms with Gasteiger partial charge >= 0.3 is 4.87 Å². The third-order valence-electron chi connectivity index (χ3n) is 2.19. The molecule has 0 aliphatic carbocycles. The molecule has 0 spiro atoms. The first-order chi connectivity index (χ1) is 8.58. The Morgan fingerprint density at radius 1 is 1.39 bits per heavy atom. The fraction of sp³-hybridized carbons (Fsp3) is 0.231. The lowest BCUT2D eigenvalue weighted by molar-refractivity contribution is 0.857. The molecule has 0 aliphatic heterocycles. The van der Waals surface area contributed by atoms with Crippen LogP contribution in [0.5, 0.6) is 0 Å². The van der Waals surface area contributed by atoms with Crippen LogP contribution in [0.4, 0.5) is 0 Å². The van der Waals surface area contributed by atoms with Gasteiger partial charge in [-0.1, -0.05) is 31.8 Å². The lowest BCUT2D eigenvalue weighted by atomic mass is 10.2. The fourth-order valence-corrected chi connectivity index (χ4v) is 2.09. The van der Waals surface area contributed by atoms with E-state index in [0.717, 1.165) is 11.3 Å². The van der Waals surface area contributed by atoms with Crippen molar-refractivity contribution in [3.63, 3.8) is 0 Å². The molecule has 0 amide bonds. The van der Waals surface area contributed by atoms with Gasteiger partial charge in [0, 0.05) is 18.8 Å². The summed E-state index contributed by atoms with van der Waals surface area (Å²) >= 11 is 1.05. The first-order valence-corrected chi connectivity index (χ1v) is 6.45. The second-order valence-electron chi connectivity index (χ2n) is 3.38. The summed E-state index contributed by atoms with van der Waals surface area (Å²) in [5.41, 5.74) is 0.452. The summed E-state index contributed by atoms with van der Waals surface area (Å²) in [7, 11) is 1.68. The maximum Gasteiger partial charge on any atom is 0.305 e. The molecule has 0 saturated carbocycles. The molecule has 5 heteroatoms. The highest BCUT2D eigenvalue weighted by molar-refractivity contribution is 7.07. The van der Waals surface area contributed by atoms with Crippen LogP contribution in [-0.4, -0.2) is 9.55 Å². The summed E-state index contributed by atoms with van der Waals surface area (Å²) in [6.07, 6.45) is 3.36. The smallest absolute Gasteiger partial charge is 0.305 e. The van der Waals surface area contributed by atoms with Crippen molar-refractivity contribution < 1.29 is 0 Å². The highest BCUT2D eigenvalue weighted by Gasteiger charge is 1.98. The molecule has 2 heterocycles. The number of thiazole rings is 1. The van der Waals surface area contributed by atoms with Crippen LogP contribution in [0.15, 0.2) is 27.9 Å². The summed E-state index contributed by atoms with van der Waals surface area (Å²) < 4.78 is 2.18. The molecular weight excluding hydrogens is 248 g/mol. The number of nitrogens with one attached hydrogen (secondary N) is 1. The lowest BCUT2D eigenvalue weighted by Crippen LogP contribution is -2.23. The third kappa shape index (κ3) is 3.07. The highest BCUT2D eigenvalue weighted by atomic mass is 32.1. The number of hydrogen-bond donors (Lipinski definition) is 1. The largest absolute Gasteiger partial charge is 0.318 e. The van der Waals surface area contributed by atoms with Crippen LogP contribution >= 0.6 is 11.3 Å². The predicted molar refractivity (Wildman–Crippen MR) is 76.3 cm³/mol. The number of aromatic nitrogens is 2. The van der Waals surface area contributed by atoms with E-state index in [1.807, 2.05) is 13.8 Å². The Hall–Kier alpha value is -1.88. The van der Waals surface area contributed by atoms with Crippen LogP contribution < -0.4 is 20.3 Å². The van der Waals surface area contributed by atoms with E-state index in [0.29, 0.717) is 15.4 Å². The molecule has 2 aromatic rings. The van der Waals surface area contributed by atoms with Crippen molar-refractivity contribution >= 4 is 24.0 Å². The molecule has 4 nitrogen and oxygen atoms in total. The number of H-pyrrole nitrogens is 1. The number of aryl methyl sites for hydroxylation is 1. The molecular formula is C13H16N2O2S. The minimum absolute atomic E-state index is 0.0947. The van der Waals surface area contributed by atoms with E-state index >= 15 is 0 Å². The summed E-state index contributed by atoms with van der Waals surface area (Å²) in [6, 6.07) is 3.50. The second kappa shape index (κ2) is 6.16. The van der Waals surface area contributed by atoms with Crippen LogP contribution in [0.2, 0.25) is 0 Å². The Bertz CT molecular complexity index is 737. The maximum atomic E-state index is 11.7. The zero-order valence-electron chi connectivity index (χ0n) is 10.7. The highest BCUT2D eigenvalue weighted by Crippen LogP contribution is 1.90. The second-order valence-corrected chi connectivity index (χ2v) is 4.40. The summed E-state index contributed by atoms with van der Waals surface area (Å²) in [5.74, 6) is 0. The van der Waals surface area contributed by atoms with Crippen molar-refractivity contribution in [2.24, 2.45) is 7.05 Å². The Kier molecular flexibility index (Phi) is 4.85. The number of nitrogens with zero attached hydrogens (tertiary/aromatic N) is 1. The zero-order valence-corrected chi connectivity index (χ0v) is 11.5. The first kappa shape index (κ1) is 14.2. The quantitative estimate of drug-likeness (QED) is 0.810. The van der Waals surface area contributed by atoms with Gasteiger partial charge in [-0.2, -0.15) is 0 Å². The van der Waals surface area contributed by atoms with Gasteiger partial charge < -0.3 is 9.55 Å². The van der Waals surface area contributed by atoms with Crippen molar-refractivity contribution in [2.75, 3.05) is 0 Å². The molecule has 0 aliphatic rings. The standard InChI is InChI=1S/C11H10N2O2S.C2H6/c1-7-9(16-11(15)12-7)6-8-4-3-5-13(2)10(8)14;1-2/h3-6H,1H2,2H3,(H,12,15);1-2H3/b9-6-;. The van der Waals surface area contributed by atoms with Crippen LogP contribution in [-0.2, 0) is 7.05 Å². The van der Waals surface area contributed by atoms with Crippen LogP contribution in [0, 0.1) is 0 Å². The molecule has 18 heavy (non-hydrogen) atoms. The molecule has 0 aromatic carbocycles. The van der Waals surface area contributed by atoms with E-state index < -0.39 is 0 Å². The molecule has 0 radical (unpaired) electrons. The topological polar surface area (TPSA) is 54.9 Å². The third-order valence-corrected chi connectivity index (χ3v) is 3.06. The van der Waals surface area contributed by atoms with Crippen molar-refractivity contribution in [3.8, 4) is 0 Å². The van der Waals surface area contributed by atoms with E-state index in [1.165, 1.54) is 4.57 Å². The van der Waals surface area contributed by atoms with Gasteiger partial charge in [0.15, 0.2) is 0 Å². The van der Waals surface area contributed by atoms with E-state index in [9.17, 15) is 9.59 Å². The molecule has 0 atom stereocenters. The number of hydrogen-bond acceptors (Lipinski definition) is 3. The van der Waals surface area contributed by atoms with E-state index in [4.69, 9.17) is 0 Å². The Morgan fingerprint density at radius 3 is 2.61 bits per heavy atom. The fourth-order valence-electron chi connectivity index (χ4n) is 1.36. The Morgan fingerprint density at radius 2 is 2.06 bits per heavy atom. The molecule has 0 unspecified atom stereocenters.